The number of carbonyl (C=O) groups is 3. The van der Waals surface area contributed by atoms with Crippen LogP contribution in [0.25, 0.3) is 0 Å². The molecule has 0 bridgehead atoms. The molecule has 1 aliphatic heterocycles. The molecule has 1 aliphatic carbocycles. The summed E-state index contributed by atoms with van der Waals surface area (Å²) in [5.41, 5.74) is 2.93. The van der Waals surface area contributed by atoms with Crippen molar-refractivity contribution >= 4 is 23.4 Å². The fraction of sp³-hybridized carbons (Fsp3) is 0.304. The highest BCUT2D eigenvalue weighted by Crippen LogP contribution is 2.35. The van der Waals surface area contributed by atoms with Crippen molar-refractivity contribution < 1.29 is 14.4 Å². The quantitative estimate of drug-likeness (QED) is 0.739. The zero-order chi connectivity index (χ0) is 20.5. The molecule has 2 aromatic rings. The molecule has 1 unspecified atom stereocenters. The van der Waals surface area contributed by atoms with Crippen molar-refractivity contribution in [3.63, 3.8) is 0 Å². The van der Waals surface area contributed by atoms with Gasteiger partial charge in [-0.2, -0.15) is 5.26 Å². The van der Waals surface area contributed by atoms with Gasteiger partial charge in [0, 0.05) is 12.5 Å². The number of benzene rings is 2. The van der Waals surface area contributed by atoms with Crippen LogP contribution in [0.4, 0.5) is 5.69 Å². The van der Waals surface area contributed by atoms with E-state index in [1.165, 1.54) is 0 Å². The van der Waals surface area contributed by atoms with Crippen LogP contribution in [-0.2, 0) is 20.9 Å². The predicted molar refractivity (Wildman–Crippen MR) is 107 cm³/mol. The summed E-state index contributed by atoms with van der Waals surface area (Å²) < 4.78 is 0. The molecule has 2 aromatic carbocycles. The first-order chi connectivity index (χ1) is 14.0. The van der Waals surface area contributed by atoms with Gasteiger partial charge in [-0.3, -0.25) is 14.4 Å². The van der Waals surface area contributed by atoms with Crippen LogP contribution in [-0.4, -0.2) is 28.7 Å². The summed E-state index contributed by atoms with van der Waals surface area (Å²) in [6.45, 7) is 2.30. The molecule has 1 heterocycles. The van der Waals surface area contributed by atoms with Gasteiger partial charge in [0.25, 0.3) is 5.91 Å². The Kier molecular flexibility index (Phi) is 4.89. The van der Waals surface area contributed by atoms with Gasteiger partial charge in [0.15, 0.2) is 0 Å². The number of nitrogens with zero attached hydrogens (tertiary/aromatic N) is 3. The number of imide groups is 1. The van der Waals surface area contributed by atoms with Gasteiger partial charge < -0.3 is 4.90 Å². The minimum Gasteiger partial charge on any atom is -0.326 e. The first-order valence-corrected chi connectivity index (χ1v) is 9.71. The number of amides is 3. The minimum absolute atomic E-state index is 0.0246. The van der Waals surface area contributed by atoms with Gasteiger partial charge in [-0.05, 0) is 49.6 Å². The van der Waals surface area contributed by atoms with Crippen LogP contribution >= 0.6 is 0 Å². The summed E-state index contributed by atoms with van der Waals surface area (Å²) in [5, 5.41) is 8.95. The number of anilines is 1. The van der Waals surface area contributed by atoms with Crippen molar-refractivity contribution in [3.8, 4) is 6.07 Å². The first-order valence-electron chi connectivity index (χ1n) is 9.71. The summed E-state index contributed by atoms with van der Waals surface area (Å²) in [7, 11) is 0. The molecule has 29 heavy (non-hydrogen) atoms. The molecular formula is C23H21N3O3. The largest absolute Gasteiger partial charge is 0.326 e. The Morgan fingerprint density at radius 3 is 2.34 bits per heavy atom. The van der Waals surface area contributed by atoms with Gasteiger partial charge in [0.05, 0.1) is 23.7 Å². The van der Waals surface area contributed by atoms with E-state index in [9.17, 15) is 14.4 Å². The maximum absolute atomic E-state index is 13.2. The third-order valence-corrected chi connectivity index (χ3v) is 5.44. The molecule has 6 nitrogen and oxygen atoms in total. The molecule has 0 N–H and O–H groups in total. The van der Waals surface area contributed by atoms with E-state index in [1.807, 2.05) is 37.3 Å². The lowest BCUT2D eigenvalue weighted by Crippen LogP contribution is -2.45. The van der Waals surface area contributed by atoms with E-state index in [4.69, 9.17) is 5.26 Å². The third kappa shape index (κ3) is 3.77. The second kappa shape index (κ2) is 7.51. The number of nitriles is 1. The highest BCUT2D eigenvalue weighted by atomic mass is 16.2. The second-order valence-electron chi connectivity index (χ2n) is 7.67. The fourth-order valence-electron chi connectivity index (χ4n) is 3.61. The van der Waals surface area contributed by atoms with Gasteiger partial charge >= 0.3 is 0 Å². The molecule has 0 aromatic heterocycles. The molecule has 6 heteroatoms. The lowest BCUT2D eigenvalue weighted by molar-refractivity contribution is -0.140. The van der Waals surface area contributed by atoms with Crippen LogP contribution in [0.15, 0.2) is 48.5 Å². The van der Waals surface area contributed by atoms with E-state index in [-0.39, 0.29) is 30.1 Å². The molecule has 0 radical (unpaired) electrons. The highest BCUT2D eigenvalue weighted by molar-refractivity contribution is 6.23. The molecule has 3 amide bonds. The standard InChI is InChI=1S/C23H21N3O3/c1-15-2-4-17(5-3-15)14-25(22(28)18-8-9-18)20-12-21(27)26(23(20)29)19-10-6-16(13-24)7-11-19/h2-7,10-11,18,20H,8-9,12,14H2,1H3. The average molecular weight is 387 g/mol. The van der Waals surface area contributed by atoms with Crippen molar-refractivity contribution in [2.45, 2.75) is 38.8 Å². The maximum Gasteiger partial charge on any atom is 0.257 e. The van der Waals surface area contributed by atoms with Crippen molar-refractivity contribution in [1.82, 2.24) is 4.90 Å². The third-order valence-electron chi connectivity index (χ3n) is 5.44. The predicted octanol–water partition coefficient (Wildman–Crippen LogP) is 2.94. The van der Waals surface area contributed by atoms with Gasteiger partial charge in [0.2, 0.25) is 11.8 Å². The van der Waals surface area contributed by atoms with E-state index < -0.39 is 6.04 Å². The van der Waals surface area contributed by atoms with E-state index in [1.54, 1.807) is 29.2 Å². The zero-order valence-electron chi connectivity index (χ0n) is 16.2. The number of hydrogen-bond acceptors (Lipinski definition) is 4. The van der Waals surface area contributed by atoms with E-state index >= 15 is 0 Å². The number of hydrogen-bond donors (Lipinski definition) is 0. The highest BCUT2D eigenvalue weighted by Gasteiger charge is 2.46. The normalized spacial score (nSPS) is 18.6. The molecule has 2 aliphatic rings. The van der Waals surface area contributed by atoms with Gasteiger partial charge in [-0.1, -0.05) is 29.8 Å². The molecule has 1 saturated heterocycles. The number of rotatable bonds is 5. The molecule has 0 spiro atoms. The van der Waals surface area contributed by atoms with Crippen LogP contribution in [0.3, 0.4) is 0 Å². The van der Waals surface area contributed by atoms with Crippen molar-refractivity contribution in [2.24, 2.45) is 5.92 Å². The van der Waals surface area contributed by atoms with Gasteiger partial charge in [-0.25, -0.2) is 4.90 Å². The van der Waals surface area contributed by atoms with Gasteiger partial charge in [0.1, 0.15) is 6.04 Å². The van der Waals surface area contributed by atoms with E-state index in [0.29, 0.717) is 17.8 Å². The second-order valence-corrected chi connectivity index (χ2v) is 7.67. The smallest absolute Gasteiger partial charge is 0.257 e. The Morgan fingerprint density at radius 1 is 1.10 bits per heavy atom. The van der Waals surface area contributed by atoms with Crippen LogP contribution in [0.1, 0.15) is 36.0 Å². The molecule has 1 saturated carbocycles. The minimum atomic E-state index is -0.799. The Labute approximate surface area is 169 Å². The summed E-state index contributed by atoms with van der Waals surface area (Å²) in [5.74, 6) is -0.825. The molecule has 4 rings (SSSR count). The van der Waals surface area contributed by atoms with E-state index in [0.717, 1.165) is 28.9 Å². The number of carbonyl (C=O) groups excluding carboxylic acids is 3. The van der Waals surface area contributed by atoms with E-state index in [2.05, 4.69) is 0 Å². The van der Waals surface area contributed by atoms with Crippen LogP contribution in [0.2, 0.25) is 0 Å². The van der Waals surface area contributed by atoms with Crippen molar-refractivity contribution in [2.75, 3.05) is 4.90 Å². The van der Waals surface area contributed by atoms with Gasteiger partial charge in [-0.15, -0.1) is 0 Å². The monoisotopic (exact) mass is 387 g/mol. The topological polar surface area (TPSA) is 81.5 Å². The Morgan fingerprint density at radius 2 is 1.76 bits per heavy atom. The molecule has 1 atom stereocenters. The van der Waals surface area contributed by atoms with Crippen LogP contribution < -0.4 is 4.90 Å². The first kappa shape index (κ1) is 18.9. The zero-order valence-corrected chi connectivity index (χ0v) is 16.2. The summed E-state index contributed by atoms with van der Waals surface area (Å²) >= 11 is 0. The van der Waals surface area contributed by atoms with Crippen molar-refractivity contribution in [1.29, 1.82) is 5.26 Å². The SMILES string of the molecule is Cc1ccc(CN(C(=O)C2CC2)C2CC(=O)N(c3ccc(C#N)cc3)C2=O)cc1. The Bertz CT molecular complexity index is 1000. The Balaban J connectivity index is 1.61. The molecule has 2 fully saturated rings. The lowest BCUT2D eigenvalue weighted by atomic mass is 10.1. The summed E-state index contributed by atoms with van der Waals surface area (Å²) in [6.07, 6.45) is 1.64. The average Bonchev–Trinajstić information content (AvgIpc) is 3.53. The Hall–Kier alpha value is -3.46. The molecular weight excluding hydrogens is 366 g/mol. The lowest BCUT2D eigenvalue weighted by Gasteiger charge is -2.28. The summed E-state index contributed by atoms with van der Waals surface area (Å²) in [4.78, 5) is 41.5. The van der Waals surface area contributed by atoms with Crippen LogP contribution in [0.5, 0.6) is 0 Å². The van der Waals surface area contributed by atoms with Crippen LogP contribution in [0, 0.1) is 24.2 Å². The fourth-order valence-corrected chi connectivity index (χ4v) is 3.61. The van der Waals surface area contributed by atoms with Crippen molar-refractivity contribution in [3.05, 3.63) is 65.2 Å². The molecule has 146 valence electrons. The maximum atomic E-state index is 13.2. The number of aryl methyl sites for hydroxylation is 1. The summed E-state index contributed by atoms with van der Waals surface area (Å²) in [6, 6.07) is 15.4.